The highest BCUT2D eigenvalue weighted by molar-refractivity contribution is 5.85. The van der Waals surface area contributed by atoms with Gasteiger partial charge in [0.1, 0.15) is 0 Å². The van der Waals surface area contributed by atoms with Crippen LogP contribution in [-0.2, 0) is 22.6 Å². The average molecular weight is 406 g/mol. The molecule has 3 N–H and O–H groups in total. The third-order valence-electron chi connectivity index (χ3n) is 5.21. The van der Waals surface area contributed by atoms with Crippen LogP contribution in [0.5, 0.6) is 0 Å². The van der Waals surface area contributed by atoms with E-state index in [4.69, 9.17) is 10.5 Å². The van der Waals surface area contributed by atoms with E-state index in [1.807, 2.05) is 13.8 Å². The first-order valence-electron chi connectivity index (χ1n) is 9.00. The van der Waals surface area contributed by atoms with Crippen molar-refractivity contribution in [1.29, 1.82) is 0 Å². The predicted molar refractivity (Wildman–Crippen MR) is 111 cm³/mol. The molecule has 0 aliphatic carbocycles. The largest absolute Gasteiger partial charge is 0.379 e. The Morgan fingerprint density at radius 2 is 1.65 bits per heavy atom. The maximum Gasteiger partial charge on any atom is 0.227 e. The second kappa shape index (κ2) is 12.5. The molecule has 1 heterocycles. The maximum absolute atomic E-state index is 12.5. The minimum Gasteiger partial charge on any atom is -0.379 e. The number of nitrogens with zero attached hydrogens (tertiary/aromatic N) is 1. The lowest BCUT2D eigenvalue weighted by Crippen LogP contribution is -2.45. The number of carbonyl (C=O) groups excluding carboxylic acids is 1. The van der Waals surface area contributed by atoms with E-state index < -0.39 is 5.41 Å². The quantitative estimate of drug-likeness (QED) is 0.697. The van der Waals surface area contributed by atoms with Crippen LogP contribution in [0.25, 0.3) is 0 Å². The molecular weight excluding hydrogens is 373 g/mol. The lowest BCUT2D eigenvalue weighted by Gasteiger charge is -2.28. The van der Waals surface area contributed by atoms with Gasteiger partial charge in [-0.25, -0.2) is 0 Å². The van der Waals surface area contributed by atoms with Gasteiger partial charge in [-0.05, 0) is 24.0 Å². The van der Waals surface area contributed by atoms with Crippen molar-refractivity contribution >= 4 is 30.7 Å². The molecule has 2 rings (SSSR count). The molecule has 1 fully saturated rings. The van der Waals surface area contributed by atoms with E-state index in [0.717, 1.165) is 51.3 Å². The molecule has 7 heteroatoms. The molecule has 0 radical (unpaired) electrons. The topological polar surface area (TPSA) is 67.6 Å². The number of morpholine rings is 1. The van der Waals surface area contributed by atoms with Gasteiger partial charge in [0.15, 0.2) is 0 Å². The van der Waals surface area contributed by atoms with Gasteiger partial charge in [-0.3, -0.25) is 9.69 Å². The molecule has 26 heavy (non-hydrogen) atoms. The van der Waals surface area contributed by atoms with E-state index in [1.54, 1.807) is 0 Å². The Balaban J connectivity index is 0.00000312. The summed E-state index contributed by atoms with van der Waals surface area (Å²) in [4.78, 5) is 14.9. The lowest BCUT2D eigenvalue weighted by atomic mass is 9.81. The van der Waals surface area contributed by atoms with E-state index in [9.17, 15) is 4.79 Å². The zero-order chi connectivity index (χ0) is 17.4. The zero-order valence-electron chi connectivity index (χ0n) is 15.8. The van der Waals surface area contributed by atoms with Crippen molar-refractivity contribution < 1.29 is 9.53 Å². The molecule has 1 aliphatic rings. The summed E-state index contributed by atoms with van der Waals surface area (Å²) in [5.74, 6) is 0.0624. The van der Waals surface area contributed by atoms with Crippen LogP contribution >= 0.6 is 24.8 Å². The third-order valence-corrected chi connectivity index (χ3v) is 5.21. The number of hydrogen-bond donors (Lipinski definition) is 2. The Morgan fingerprint density at radius 1 is 1.12 bits per heavy atom. The van der Waals surface area contributed by atoms with Crippen LogP contribution in [0.15, 0.2) is 24.3 Å². The van der Waals surface area contributed by atoms with Gasteiger partial charge in [0.2, 0.25) is 5.91 Å². The molecule has 1 amide bonds. The fourth-order valence-electron chi connectivity index (χ4n) is 3.10. The molecule has 0 spiro atoms. The minimum atomic E-state index is -0.434. The number of amides is 1. The van der Waals surface area contributed by atoms with Crippen molar-refractivity contribution in [3.63, 3.8) is 0 Å². The second-order valence-electron chi connectivity index (χ2n) is 6.58. The smallest absolute Gasteiger partial charge is 0.227 e. The van der Waals surface area contributed by atoms with Gasteiger partial charge in [0.05, 0.1) is 18.6 Å². The zero-order valence-corrected chi connectivity index (χ0v) is 17.5. The first kappa shape index (κ1) is 25.1. The van der Waals surface area contributed by atoms with Crippen LogP contribution in [-0.4, -0.2) is 43.7 Å². The van der Waals surface area contributed by atoms with Crippen LogP contribution < -0.4 is 11.1 Å². The minimum absolute atomic E-state index is 0. The van der Waals surface area contributed by atoms with Crippen molar-refractivity contribution in [3.8, 4) is 0 Å². The van der Waals surface area contributed by atoms with E-state index >= 15 is 0 Å². The fourth-order valence-corrected chi connectivity index (χ4v) is 3.10. The Bertz CT molecular complexity index is 508. The first-order valence-corrected chi connectivity index (χ1v) is 9.00. The molecule has 1 aliphatic heterocycles. The standard InChI is InChI=1S/C19H31N3O2.2ClH/c1-3-19(4-2,15-20)18(23)21-13-16-5-7-17(8-6-16)14-22-9-11-24-12-10-22;;/h5-8H,3-4,9-15,20H2,1-2H3,(H,21,23);2*1H. The van der Waals surface area contributed by atoms with Crippen LogP contribution in [0.1, 0.15) is 37.8 Å². The molecule has 0 aromatic heterocycles. The van der Waals surface area contributed by atoms with Crippen molar-refractivity contribution in [2.24, 2.45) is 11.1 Å². The maximum atomic E-state index is 12.5. The van der Waals surface area contributed by atoms with E-state index in [1.165, 1.54) is 5.56 Å². The van der Waals surface area contributed by atoms with Crippen molar-refractivity contribution in [2.75, 3.05) is 32.8 Å². The SMILES string of the molecule is CCC(CC)(CN)C(=O)NCc1ccc(CN2CCOCC2)cc1.Cl.Cl. The highest BCUT2D eigenvalue weighted by Gasteiger charge is 2.32. The Labute approximate surface area is 169 Å². The van der Waals surface area contributed by atoms with Gasteiger partial charge < -0.3 is 15.8 Å². The van der Waals surface area contributed by atoms with Crippen LogP contribution in [0, 0.1) is 5.41 Å². The van der Waals surface area contributed by atoms with Gasteiger partial charge in [0, 0.05) is 32.7 Å². The summed E-state index contributed by atoms with van der Waals surface area (Å²) < 4.78 is 5.38. The van der Waals surface area contributed by atoms with Gasteiger partial charge >= 0.3 is 0 Å². The van der Waals surface area contributed by atoms with Crippen LogP contribution in [0.4, 0.5) is 0 Å². The number of rotatable bonds is 8. The molecule has 0 unspecified atom stereocenters. The van der Waals surface area contributed by atoms with Gasteiger partial charge in [-0.2, -0.15) is 0 Å². The van der Waals surface area contributed by atoms with Gasteiger partial charge in [0.25, 0.3) is 0 Å². The van der Waals surface area contributed by atoms with E-state index in [0.29, 0.717) is 13.1 Å². The average Bonchev–Trinajstić information content (AvgIpc) is 2.64. The molecule has 1 aromatic carbocycles. The van der Waals surface area contributed by atoms with Gasteiger partial charge in [-0.15, -0.1) is 24.8 Å². The number of ether oxygens (including phenoxy) is 1. The van der Waals surface area contributed by atoms with Crippen LogP contribution in [0.3, 0.4) is 0 Å². The van der Waals surface area contributed by atoms with Crippen LogP contribution in [0.2, 0.25) is 0 Å². The molecular formula is C19H33Cl2N3O2. The number of hydrogen-bond acceptors (Lipinski definition) is 4. The summed E-state index contributed by atoms with van der Waals surface area (Å²) in [5, 5.41) is 3.05. The summed E-state index contributed by atoms with van der Waals surface area (Å²) in [6, 6.07) is 8.48. The normalized spacial score (nSPS) is 14.9. The number of carbonyl (C=O) groups is 1. The first-order chi connectivity index (χ1) is 11.6. The molecule has 5 nitrogen and oxygen atoms in total. The molecule has 150 valence electrons. The highest BCUT2D eigenvalue weighted by Crippen LogP contribution is 2.25. The van der Waals surface area contributed by atoms with Gasteiger partial charge in [-0.1, -0.05) is 38.1 Å². The van der Waals surface area contributed by atoms with Crippen molar-refractivity contribution in [1.82, 2.24) is 10.2 Å². The fraction of sp³-hybridized carbons (Fsp3) is 0.632. The summed E-state index contributed by atoms with van der Waals surface area (Å²) in [5.41, 5.74) is 7.81. The highest BCUT2D eigenvalue weighted by atomic mass is 35.5. The monoisotopic (exact) mass is 405 g/mol. The second-order valence-corrected chi connectivity index (χ2v) is 6.58. The number of nitrogens with one attached hydrogen (secondary N) is 1. The lowest BCUT2D eigenvalue weighted by molar-refractivity contribution is -0.131. The van der Waals surface area contributed by atoms with E-state index in [-0.39, 0.29) is 30.7 Å². The summed E-state index contributed by atoms with van der Waals surface area (Å²) >= 11 is 0. The summed E-state index contributed by atoms with van der Waals surface area (Å²) in [6.07, 6.45) is 1.54. The molecule has 1 saturated heterocycles. The third kappa shape index (κ3) is 6.71. The molecule has 0 saturated carbocycles. The number of benzene rings is 1. The number of halogens is 2. The summed E-state index contributed by atoms with van der Waals surface area (Å²) in [7, 11) is 0. The molecule has 0 bridgehead atoms. The van der Waals surface area contributed by atoms with E-state index in [2.05, 4.69) is 34.5 Å². The Kier molecular flexibility index (Phi) is 12.1. The summed E-state index contributed by atoms with van der Waals surface area (Å²) in [6.45, 7) is 9.58. The predicted octanol–water partition coefficient (Wildman–Crippen LogP) is 2.74. The Hall–Kier alpha value is -0.850. The van der Waals surface area contributed by atoms with Crippen molar-refractivity contribution in [3.05, 3.63) is 35.4 Å². The van der Waals surface area contributed by atoms with Crippen molar-refractivity contribution in [2.45, 2.75) is 39.8 Å². The Morgan fingerprint density at radius 3 is 2.15 bits per heavy atom. The molecule has 0 atom stereocenters. The number of nitrogens with two attached hydrogens (primary N) is 1. The molecule has 1 aromatic rings.